The predicted octanol–water partition coefficient (Wildman–Crippen LogP) is 3.61. The van der Waals surface area contributed by atoms with Gasteiger partial charge < -0.3 is 29.0 Å². The maximum absolute atomic E-state index is 10.2. The largest absolute Gasteiger partial charge is 2.00 e. The molecule has 4 aromatic heterocycles. The minimum atomic E-state index is -1.55. The Labute approximate surface area is 295 Å². The summed E-state index contributed by atoms with van der Waals surface area (Å²) in [5.74, 6) is -0.677. The zero-order valence-corrected chi connectivity index (χ0v) is 30.7. The first-order valence-electron chi connectivity index (χ1n) is 15.2. The van der Waals surface area contributed by atoms with Crippen LogP contribution in [-0.4, -0.2) is 58.4 Å². The zero-order chi connectivity index (χ0) is 34.2. The molecule has 0 fully saturated rings. The van der Waals surface area contributed by atoms with Gasteiger partial charge in [-0.15, -0.1) is 0 Å². The zero-order valence-electron chi connectivity index (χ0n) is 27.7. The molecule has 7 aromatic rings. The van der Waals surface area contributed by atoms with Crippen LogP contribution in [0.15, 0.2) is 125 Å². The molecule has 0 bridgehead atoms. The van der Waals surface area contributed by atoms with Crippen molar-refractivity contribution in [3.63, 3.8) is 0 Å². The van der Waals surface area contributed by atoms with Crippen LogP contribution in [0.5, 0.6) is 5.88 Å². The molecular formula is C35H35BN8O4Zn. The Morgan fingerprint density at radius 3 is 1.18 bits per heavy atom. The molecule has 3 aromatic carbocycles. The van der Waals surface area contributed by atoms with Crippen LogP contribution >= 0.6 is 0 Å². The Morgan fingerprint density at radius 2 is 0.898 bits per heavy atom. The first kappa shape index (κ1) is 36.3. The van der Waals surface area contributed by atoms with Crippen molar-refractivity contribution in [3.05, 3.63) is 153 Å². The van der Waals surface area contributed by atoms with E-state index in [0.29, 0.717) is 0 Å². The second-order valence-electron chi connectivity index (χ2n) is 11.0. The second-order valence-corrected chi connectivity index (χ2v) is 11.0. The van der Waals surface area contributed by atoms with Crippen molar-refractivity contribution in [1.29, 1.82) is 0 Å². The summed E-state index contributed by atoms with van der Waals surface area (Å²) in [6.07, 6.45) is 0. The maximum atomic E-state index is 10.2. The SMILES string of the molecule is CO.Cc1cc(-c2ccccc2)nn1[BH-](n1nc(-c2ccccc2)cc1C)n1nc(-c2ccccc2)cc1C.O=c1cc([O-])[nH]c(=O)[nH]1.[Zn+2]. The van der Waals surface area contributed by atoms with Gasteiger partial charge in [0, 0.05) is 29.9 Å². The number of hydrogen-bond donors (Lipinski definition) is 3. The summed E-state index contributed by atoms with van der Waals surface area (Å²) in [6.45, 7) is 6.31. The number of aromatic amines is 2. The van der Waals surface area contributed by atoms with Crippen molar-refractivity contribution < 1.29 is 29.7 Å². The summed E-state index contributed by atoms with van der Waals surface area (Å²) in [4.78, 5) is 24.1. The van der Waals surface area contributed by atoms with Gasteiger partial charge in [0.05, 0.1) is 17.1 Å². The van der Waals surface area contributed by atoms with Crippen molar-refractivity contribution >= 4 is 7.12 Å². The fraction of sp³-hybridized carbons (Fsp3) is 0.114. The fourth-order valence-electron chi connectivity index (χ4n) is 5.47. The first-order chi connectivity index (χ1) is 23.3. The molecule has 0 atom stereocenters. The van der Waals surface area contributed by atoms with Gasteiger partial charge in [0.1, 0.15) is 0 Å². The van der Waals surface area contributed by atoms with Gasteiger partial charge in [0.25, 0.3) is 5.56 Å². The van der Waals surface area contributed by atoms with Gasteiger partial charge in [-0.1, -0.05) is 91.0 Å². The van der Waals surface area contributed by atoms with Crippen molar-refractivity contribution in [3.8, 4) is 39.7 Å². The summed E-state index contributed by atoms with van der Waals surface area (Å²) in [7, 11) is -0.555. The number of nitrogens with one attached hydrogen (secondary N) is 2. The number of nitrogens with zero attached hydrogens (tertiary/aromatic N) is 6. The van der Waals surface area contributed by atoms with E-state index in [-0.39, 0.29) is 19.5 Å². The molecule has 14 heteroatoms. The Morgan fingerprint density at radius 1 is 0.571 bits per heavy atom. The molecule has 0 aliphatic rings. The van der Waals surface area contributed by atoms with Gasteiger partial charge in [0.15, 0.2) is 0 Å². The molecule has 4 heterocycles. The van der Waals surface area contributed by atoms with E-state index in [9.17, 15) is 14.7 Å². The van der Waals surface area contributed by atoms with E-state index in [1.807, 2.05) is 64.6 Å². The van der Waals surface area contributed by atoms with Crippen LogP contribution in [0, 0.1) is 20.8 Å². The van der Waals surface area contributed by atoms with E-state index in [2.05, 4.69) is 89.1 Å². The number of aliphatic hydroxyl groups excluding tert-OH is 1. The number of rotatable bonds is 6. The summed E-state index contributed by atoms with van der Waals surface area (Å²) in [5.41, 5.74) is 7.83. The number of H-pyrrole nitrogens is 2. The molecule has 0 saturated carbocycles. The van der Waals surface area contributed by atoms with Crippen LogP contribution in [0.4, 0.5) is 0 Å². The third-order valence-electron chi connectivity index (χ3n) is 7.69. The third-order valence-corrected chi connectivity index (χ3v) is 7.69. The predicted molar refractivity (Wildman–Crippen MR) is 186 cm³/mol. The molecular weight excluding hydrogens is 673 g/mol. The minimum absolute atomic E-state index is 0. The first-order valence-corrected chi connectivity index (χ1v) is 15.2. The Kier molecular flexibility index (Phi) is 12.2. The number of benzene rings is 3. The molecule has 12 nitrogen and oxygen atoms in total. The van der Waals surface area contributed by atoms with Crippen molar-refractivity contribution in [1.82, 2.24) is 39.0 Å². The molecule has 0 unspecified atom stereocenters. The van der Waals surface area contributed by atoms with E-state index in [4.69, 9.17) is 20.4 Å². The topological polar surface area (TPSA) is 162 Å². The van der Waals surface area contributed by atoms with Crippen LogP contribution < -0.4 is 16.4 Å². The van der Waals surface area contributed by atoms with E-state index in [0.717, 1.165) is 64.0 Å². The van der Waals surface area contributed by atoms with Crippen LogP contribution in [0.2, 0.25) is 0 Å². The molecule has 0 spiro atoms. The van der Waals surface area contributed by atoms with Crippen LogP contribution in [0.25, 0.3) is 33.8 Å². The van der Waals surface area contributed by atoms with Gasteiger partial charge in [0.2, 0.25) is 0 Å². The maximum Gasteiger partial charge on any atom is 2.00 e. The summed E-state index contributed by atoms with van der Waals surface area (Å²) < 4.78 is 6.31. The van der Waals surface area contributed by atoms with Crippen molar-refractivity contribution in [2.45, 2.75) is 20.8 Å². The summed E-state index contributed by atoms with van der Waals surface area (Å²) in [5, 5.41) is 32.6. The van der Waals surface area contributed by atoms with Crippen LogP contribution in [0.3, 0.4) is 0 Å². The second kappa shape index (κ2) is 16.5. The van der Waals surface area contributed by atoms with Crippen molar-refractivity contribution in [2.24, 2.45) is 0 Å². The molecule has 0 aliphatic heterocycles. The van der Waals surface area contributed by atoms with E-state index >= 15 is 0 Å². The molecule has 0 aliphatic carbocycles. The molecule has 244 valence electrons. The normalized spacial score (nSPS) is 10.4. The smallest absolute Gasteiger partial charge is 0.860 e. The number of aromatic nitrogens is 8. The minimum Gasteiger partial charge on any atom is -0.860 e. The van der Waals surface area contributed by atoms with Crippen LogP contribution in [-0.2, 0) is 19.5 Å². The number of aliphatic hydroxyl groups is 1. The summed E-state index contributed by atoms with van der Waals surface area (Å²) in [6, 6.07) is 38.1. The molecule has 0 radical (unpaired) electrons. The van der Waals surface area contributed by atoms with Gasteiger partial charge in [-0.3, -0.25) is 9.78 Å². The molecule has 49 heavy (non-hydrogen) atoms. The summed E-state index contributed by atoms with van der Waals surface area (Å²) >= 11 is 0. The average Bonchev–Trinajstić information content (AvgIpc) is 3.80. The molecule has 0 saturated heterocycles. The molecule has 7 rings (SSSR count). The van der Waals surface area contributed by atoms with Crippen LogP contribution in [0.1, 0.15) is 17.1 Å². The number of hydrogen-bond acceptors (Lipinski definition) is 7. The fourth-order valence-corrected chi connectivity index (χ4v) is 5.47. The quantitative estimate of drug-likeness (QED) is 0.223. The van der Waals surface area contributed by atoms with Gasteiger partial charge in [-0.25, -0.2) is 20.1 Å². The Balaban J connectivity index is 0.000000390. The molecule has 3 N–H and O–H groups in total. The van der Waals surface area contributed by atoms with E-state index < -0.39 is 24.2 Å². The Bertz CT molecular complexity index is 1980. The van der Waals surface area contributed by atoms with E-state index in [1.54, 1.807) is 0 Å². The average molecular weight is 708 g/mol. The standard InChI is InChI=1S/C30H28BN6.C4H4N2O3.CH4O.Zn/c1-22-19-28(25-13-7-4-8-14-25)32-35(22)31(36-23(2)20-29(33-36)26-15-9-5-10-16-26)37-24(3)21-30(34-37)27-17-11-6-12-18-27;7-2-1-3(8)6-4(9)5-2;1-2;/h4-21,31H,1-3H3;1H,(H3,5,6,7,8,9);2H,1H3;/q-1;;;+2/p-1. The van der Waals surface area contributed by atoms with Gasteiger partial charge >= 0.3 is 32.3 Å². The third kappa shape index (κ3) is 8.48. The van der Waals surface area contributed by atoms with Gasteiger partial charge in [-0.2, -0.15) is 0 Å². The van der Waals surface area contributed by atoms with Crippen molar-refractivity contribution in [2.75, 3.05) is 7.11 Å². The monoisotopic (exact) mass is 706 g/mol. The molecule has 0 amide bonds. The van der Waals surface area contributed by atoms with Gasteiger partial charge in [-0.05, 0) is 61.9 Å². The Hall–Kier alpha value is -5.58. The number of aryl methyl sites for hydroxylation is 3. The van der Waals surface area contributed by atoms with E-state index in [1.165, 1.54) is 0 Å².